The highest BCUT2D eigenvalue weighted by Crippen LogP contribution is 2.64. The molecule has 0 saturated heterocycles. The molecule has 10 nitrogen and oxygen atoms in total. The van der Waals surface area contributed by atoms with E-state index in [-0.39, 0.29) is 0 Å². The maximum atomic E-state index is 12.0. The van der Waals surface area contributed by atoms with Crippen LogP contribution in [-0.4, -0.2) is 34.7 Å². The molecule has 24 heavy (non-hydrogen) atoms. The van der Waals surface area contributed by atoms with Gasteiger partial charge in [-0.25, -0.2) is 10.9 Å². The topological polar surface area (TPSA) is 196 Å². The van der Waals surface area contributed by atoms with Crippen molar-refractivity contribution < 1.29 is 19.2 Å². The van der Waals surface area contributed by atoms with E-state index in [4.69, 9.17) is 22.9 Å². The summed E-state index contributed by atoms with van der Waals surface area (Å²) in [5.41, 5.74) is 22.2. The standard InChI is InChI=1S/C14H24N6O4/c1-11(2)5(7(15)21)13(11,9(17)23)19-20-14(10(18)24)6(8(16)22)12(14,3)4/h5-6,19-20H,1-4H3,(H2,15,21)(H2,16,22)(H2,17,23)(H2,18,24). The Morgan fingerprint density at radius 2 is 0.917 bits per heavy atom. The van der Waals surface area contributed by atoms with Crippen molar-refractivity contribution in [1.29, 1.82) is 0 Å². The van der Waals surface area contributed by atoms with Crippen molar-refractivity contribution in [2.75, 3.05) is 0 Å². The van der Waals surface area contributed by atoms with Gasteiger partial charge in [0.25, 0.3) is 0 Å². The van der Waals surface area contributed by atoms with E-state index in [2.05, 4.69) is 10.9 Å². The number of hydrogen-bond acceptors (Lipinski definition) is 6. The lowest BCUT2D eigenvalue weighted by Gasteiger charge is -2.25. The smallest absolute Gasteiger partial charge is 0.240 e. The van der Waals surface area contributed by atoms with Gasteiger partial charge in [-0.2, -0.15) is 0 Å². The number of rotatable bonds is 7. The summed E-state index contributed by atoms with van der Waals surface area (Å²) in [6.07, 6.45) is 0. The van der Waals surface area contributed by atoms with Gasteiger partial charge in [0.1, 0.15) is 11.1 Å². The molecule has 4 atom stereocenters. The Hall–Kier alpha value is -2.20. The lowest BCUT2D eigenvalue weighted by Crippen LogP contribution is -2.63. The van der Waals surface area contributed by atoms with Crippen molar-refractivity contribution in [3.8, 4) is 0 Å². The van der Waals surface area contributed by atoms with Crippen LogP contribution < -0.4 is 33.8 Å². The molecule has 0 aromatic heterocycles. The lowest BCUT2D eigenvalue weighted by molar-refractivity contribution is -0.128. The van der Waals surface area contributed by atoms with Crippen molar-refractivity contribution >= 4 is 23.6 Å². The van der Waals surface area contributed by atoms with Gasteiger partial charge in [-0.15, -0.1) is 0 Å². The molecule has 134 valence electrons. The van der Waals surface area contributed by atoms with Crippen molar-refractivity contribution in [2.45, 2.75) is 38.8 Å². The van der Waals surface area contributed by atoms with Gasteiger partial charge < -0.3 is 22.9 Å². The highest BCUT2D eigenvalue weighted by Gasteiger charge is 2.82. The van der Waals surface area contributed by atoms with Gasteiger partial charge in [-0.1, -0.05) is 27.7 Å². The predicted molar refractivity (Wildman–Crippen MR) is 83.1 cm³/mol. The van der Waals surface area contributed by atoms with Crippen LogP contribution in [0, 0.1) is 22.7 Å². The summed E-state index contributed by atoms with van der Waals surface area (Å²) in [5.74, 6) is -4.79. The van der Waals surface area contributed by atoms with Crippen LogP contribution in [0.4, 0.5) is 0 Å². The Morgan fingerprint density at radius 3 is 1.04 bits per heavy atom. The highest BCUT2D eigenvalue weighted by molar-refractivity contribution is 6.02. The fourth-order valence-corrected chi connectivity index (χ4v) is 4.37. The van der Waals surface area contributed by atoms with Crippen LogP contribution in [0.15, 0.2) is 0 Å². The summed E-state index contributed by atoms with van der Waals surface area (Å²) in [4.78, 5) is 47.3. The number of primary amides is 4. The number of hydrogen-bond donors (Lipinski definition) is 6. The molecule has 4 amide bonds. The van der Waals surface area contributed by atoms with Gasteiger partial charge in [-0.05, 0) is 0 Å². The van der Waals surface area contributed by atoms with Gasteiger partial charge in [0.2, 0.25) is 23.6 Å². The molecule has 4 unspecified atom stereocenters. The molecular formula is C14H24N6O4. The van der Waals surface area contributed by atoms with Gasteiger partial charge in [0.15, 0.2) is 0 Å². The fourth-order valence-electron chi connectivity index (χ4n) is 4.37. The first-order valence-electron chi connectivity index (χ1n) is 7.45. The first kappa shape index (κ1) is 18.1. The summed E-state index contributed by atoms with van der Waals surface area (Å²) in [7, 11) is 0. The van der Waals surface area contributed by atoms with E-state index in [0.29, 0.717) is 0 Å². The molecule has 0 aromatic carbocycles. The summed E-state index contributed by atoms with van der Waals surface area (Å²) in [6.45, 7) is 6.57. The molecule has 2 aliphatic rings. The minimum atomic E-state index is -1.50. The van der Waals surface area contributed by atoms with Crippen molar-refractivity contribution in [3.05, 3.63) is 0 Å². The molecule has 0 bridgehead atoms. The maximum Gasteiger partial charge on any atom is 0.240 e. The Labute approximate surface area is 139 Å². The summed E-state index contributed by atoms with van der Waals surface area (Å²) in [5, 5.41) is 0. The average molecular weight is 340 g/mol. The van der Waals surface area contributed by atoms with Crippen molar-refractivity contribution in [3.63, 3.8) is 0 Å². The van der Waals surface area contributed by atoms with Crippen molar-refractivity contribution in [1.82, 2.24) is 10.9 Å². The molecule has 0 radical (unpaired) electrons. The molecule has 0 aromatic rings. The van der Waals surface area contributed by atoms with Crippen LogP contribution in [0.1, 0.15) is 27.7 Å². The highest BCUT2D eigenvalue weighted by atomic mass is 16.2. The summed E-state index contributed by atoms with van der Waals surface area (Å²) in [6, 6.07) is 0. The van der Waals surface area contributed by atoms with Crippen LogP contribution in [0.3, 0.4) is 0 Å². The SMILES string of the molecule is CC1(C)C(C(N)=O)C1(NNC1(C(N)=O)C(C(N)=O)C1(C)C)C(N)=O. The monoisotopic (exact) mass is 340 g/mol. The van der Waals surface area contributed by atoms with E-state index in [1.165, 1.54) is 0 Å². The van der Waals surface area contributed by atoms with E-state index in [1.54, 1.807) is 27.7 Å². The zero-order valence-corrected chi connectivity index (χ0v) is 14.1. The Morgan fingerprint density at radius 1 is 0.667 bits per heavy atom. The average Bonchev–Trinajstić information content (AvgIpc) is 3.10. The zero-order chi connectivity index (χ0) is 18.9. The molecule has 0 spiro atoms. The first-order chi connectivity index (χ1) is 10.7. The summed E-state index contributed by atoms with van der Waals surface area (Å²) < 4.78 is 0. The van der Waals surface area contributed by atoms with Crippen LogP contribution in [0.25, 0.3) is 0 Å². The Balaban J connectivity index is 2.35. The molecule has 10 heteroatoms. The lowest BCUT2D eigenvalue weighted by atomic mass is 10.0. The van der Waals surface area contributed by atoms with Crippen LogP contribution in [-0.2, 0) is 19.2 Å². The minimum absolute atomic E-state index is 0.706. The molecule has 10 N–H and O–H groups in total. The van der Waals surface area contributed by atoms with E-state index in [9.17, 15) is 19.2 Å². The minimum Gasteiger partial charge on any atom is -0.369 e. The normalized spacial score (nSPS) is 38.2. The molecular weight excluding hydrogens is 316 g/mol. The van der Waals surface area contributed by atoms with Gasteiger partial charge >= 0.3 is 0 Å². The number of hydrazine groups is 1. The Bertz CT molecular complexity index is 604. The van der Waals surface area contributed by atoms with Gasteiger partial charge in [-0.3, -0.25) is 19.2 Å². The fraction of sp³-hybridized carbons (Fsp3) is 0.714. The molecule has 0 heterocycles. The molecule has 2 rings (SSSR count). The number of nitrogens with one attached hydrogen (secondary N) is 2. The number of carbonyl (C=O) groups excluding carboxylic acids is 4. The largest absolute Gasteiger partial charge is 0.369 e. The second-order valence-corrected chi connectivity index (χ2v) is 7.71. The number of amides is 4. The van der Waals surface area contributed by atoms with Gasteiger partial charge in [0, 0.05) is 10.8 Å². The van der Waals surface area contributed by atoms with Crippen LogP contribution in [0.2, 0.25) is 0 Å². The zero-order valence-electron chi connectivity index (χ0n) is 14.1. The predicted octanol–water partition coefficient (Wildman–Crippen LogP) is -3.19. The molecule has 2 fully saturated rings. The van der Waals surface area contributed by atoms with E-state index >= 15 is 0 Å². The van der Waals surface area contributed by atoms with Crippen molar-refractivity contribution in [2.24, 2.45) is 45.6 Å². The third kappa shape index (κ3) is 1.77. The second-order valence-electron chi connectivity index (χ2n) is 7.71. The number of nitrogens with two attached hydrogens (primary N) is 4. The van der Waals surface area contributed by atoms with E-state index in [0.717, 1.165) is 0 Å². The van der Waals surface area contributed by atoms with Gasteiger partial charge in [0.05, 0.1) is 11.8 Å². The van der Waals surface area contributed by atoms with Crippen LogP contribution >= 0.6 is 0 Å². The molecule has 2 aliphatic carbocycles. The molecule has 2 saturated carbocycles. The molecule has 0 aliphatic heterocycles. The number of carbonyl (C=O) groups is 4. The van der Waals surface area contributed by atoms with Crippen LogP contribution in [0.5, 0.6) is 0 Å². The first-order valence-corrected chi connectivity index (χ1v) is 7.45. The van der Waals surface area contributed by atoms with E-state index < -0.39 is 57.4 Å². The third-order valence-electron chi connectivity index (χ3n) is 5.98. The third-order valence-corrected chi connectivity index (χ3v) is 5.98. The maximum absolute atomic E-state index is 12.0. The van der Waals surface area contributed by atoms with E-state index in [1.807, 2.05) is 0 Å². The quantitative estimate of drug-likeness (QED) is 0.264. The summed E-state index contributed by atoms with van der Waals surface area (Å²) >= 11 is 0. The second kappa shape index (κ2) is 4.67. The Kier molecular flexibility index (Phi) is 3.53.